The largest absolute Gasteiger partial charge is 0.479 e. The van der Waals surface area contributed by atoms with Gasteiger partial charge in [0, 0.05) is 23.5 Å². The van der Waals surface area contributed by atoms with Crippen molar-refractivity contribution in [3.05, 3.63) is 102 Å². The lowest BCUT2D eigenvalue weighted by atomic mass is 9.92. The number of hydrogen-bond donors (Lipinski definition) is 0. The molecule has 0 saturated heterocycles. The van der Waals surface area contributed by atoms with E-state index in [1.54, 1.807) is 0 Å². The second kappa shape index (κ2) is 6.14. The molecule has 2 heteroatoms. The smallest absolute Gasteiger partial charge is 0.150 e. The number of benzene rings is 2. The van der Waals surface area contributed by atoms with Gasteiger partial charge in [-0.15, -0.1) is 6.42 Å². The molecule has 0 aliphatic carbocycles. The minimum Gasteiger partial charge on any atom is -0.479 e. The Morgan fingerprint density at radius 3 is 2.42 bits per heavy atom. The maximum Gasteiger partial charge on any atom is 0.150 e. The van der Waals surface area contributed by atoms with Crippen LogP contribution in [0, 0.1) is 12.3 Å². The molecule has 2 aliphatic rings. The molecule has 2 aromatic rings. The normalized spacial score (nSPS) is 18.7. The molecule has 0 N–H and O–H groups in total. The quantitative estimate of drug-likeness (QED) is 0.773. The summed E-state index contributed by atoms with van der Waals surface area (Å²) in [6, 6.07) is 20.7. The molecule has 0 saturated carbocycles. The molecule has 0 radical (unpaired) electrons. The fraction of sp³-hybridized carbons (Fsp3) is 0.0909. The van der Waals surface area contributed by atoms with E-state index in [4.69, 9.17) is 11.2 Å². The fourth-order valence-electron chi connectivity index (χ4n) is 3.15. The third-order valence-electron chi connectivity index (χ3n) is 4.24. The van der Waals surface area contributed by atoms with Crippen molar-refractivity contribution in [1.29, 1.82) is 0 Å². The molecule has 0 bridgehead atoms. The number of fused-ring (bicyclic) bond motifs is 1. The molecular weight excluding hydrogens is 294 g/mol. The monoisotopic (exact) mass is 311 g/mol. The van der Waals surface area contributed by atoms with E-state index in [-0.39, 0.29) is 6.10 Å². The lowest BCUT2D eigenvalue weighted by molar-refractivity contribution is 0.184. The van der Waals surface area contributed by atoms with Crippen LogP contribution in [0.2, 0.25) is 0 Å². The van der Waals surface area contributed by atoms with Crippen LogP contribution in [-0.4, -0.2) is 11.4 Å². The van der Waals surface area contributed by atoms with Gasteiger partial charge in [-0.05, 0) is 17.2 Å². The van der Waals surface area contributed by atoms with Gasteiger partial charge >= 0.3 is 0 Å². The first-order valence-corrected chi connectivity index (χ1v) is 7.97. The molecule has 24 heavy (non-hydrogen) atoms. The SMILES string of the molecule is C#CCN1C=CC2=C(c3ccccc3)C(c3ccccc3)OC2=C1. The summed E-state index contributed by atoms with van der Waals surface area (Å²) in [5.74, 6) is 3.54. The summed E-state index contributed by atoms with van der Waals surface area (Å²) >= 11 is 0. The van der Waals surface area contributed by atoms with E-state index in [9.17, 15) is 0 Å². The van der Waals surface area contributed by atoms with Gasteiger partial charge in [-0.3, -0.25) is 0 Å². The number of nitrogens with zero attached hydrogens (tertiary/aromatic N) is 1. The Labute approximate surface area is 142 Å². The Hall–Kier alpha value is -3.18. The number of ether oxygens (including phenoxy) is 1. The molecule has 0 fully saturated rings. The van der Waals surface area contributed by atoms with Gasteiger partial charge in [0.25, 0.3) is 0 Å². The summed E-state index contributed by atoms with van der Waals surface area (Å²) < 4.78 is 6.32. The minimum atomic E-state index is -0.106. The Bertz CT molecular complexity index is 869. The van der Waals surface area contributed by atoms with E-state index in [2.05, 4.69) is 48.4 Å². The first-order valence-electron chi connectivity index (χ1n) is 7.97. The van der Waals surface area contributed by atoms with Gasteiger partial charge in [0.15, 0.2) is 6.10 Å². The molecule has 0 spiro atoms. The second-order valence-corrected chi connectivity index (χ2v) is 5.79. The molecule has 1 atom stereocenters. The predicted octanol–water partition coefficient (Wildman–Crippen LogP) is 4.52. The van der Waals surface area contributed by atoms with Crippen LogP contribution in [0.15, 0.2) is 90.5 Å². The van der Waals surface area contributed by atoms with Gasteiger partial charge in [-0.1, -0.05) is 66.6 Å². The fourth-order valence-corrected chi connectivity index (χ4v) is 3.15. The van der Waals surface area contributed by atoms with Crippen LogP contribution in [0.4, 0.5) is 0 Å². The topological polar surface area (TPSA) is 12.5 Å². The van der Waals surface area contributed by atoms with Gasteiger partial charge < -0.3 is 9.64 Å². The molecule has 2 nitrogen and oxygen atoms in total. The van der Waals surface area contributed by atoms with E-state index in [0.29, 0.717) is 6.54 Å². The number of hydrogen-bond acceptors (Lipinski definition) is 2. The van der Waals surface area contributed by atoms with Gasteiger partial charge in [-0.25, -0.2) is 0 Å². The van der Waals surface area contributed by atoms with Gasteiger partial charge in [0.2, 0.25) is 0 Å². The van der Waals surface area contributed by atoms with Gasteiger partial charge in [-0.2, -0.15) is 0 Å². The lowest BCUT2D eigenvalue weighted by Crippen LogP contribution is -2.14. The van der Waals surface area contributed by atoms with Crippen molar-refractivity contribution in [3.63, 3.8) is 0 Å². The van der Waals surface area contributed by atoms with Crippen molar-refractivity contribution in [3.8, 4) is 12.3 Å². The van der Waals surface area contributed by atoms with Crippen LogP contribution in [0.25, 0.3) is 5.57 Å². The Morgan fingerprint density at radius 2 is 1.71 bits per heavy atom. The summed E-state index contributed by atoms with van der Waals surface area (Å²) in [5.41, 5.74) is 4.66. The summed E-state index contributed by atoms with van der Waals surface area (Å²) in [6.07, 6.45) is 11.4. The van der Waals surface area contributed by atoms with Crippen molar-refractivity contribution in [1.82, 2.24) is 4.90 Å². The summed E-state index contributed by atoms with van der Waals surface area (Å²) in [5, 5.41) is 0. The highest BCUT2D eigenvalue weighted by molar-refractivity contribution is 5.81. The standard InChI is InChI=1S/C22H17NO/c1-2-14-23-15-13-19-20(16-23)24-22(18-11-7-4-8-12-18)21(19)17-9-5-3-6-10-17/h1,3-13,15-16,22H,14H2. The molecule has 0 aromatic heterocycles. The average molecular weight is 311 g/mol. The van der Waals surface area contributed by atoms with Crippen molar-refractivity contribution >= 4 is 5.57 Å². The molecule has 4 rings (SSSR count). The molecule has 2 aromatic carbocycles. The molecule has 1 unspecified atom stereocenters. The lowest BCUT2D eigenvalue weighted by Gasteiger charge is -2.18. The Kier molecular flexibility index (Phi) is 3.69. The highest BCUT2D eigenvalue weighted by atomic mass is 16.5. The highest BCUT2D eigenvalue weighted by Crippen LogP contribution is 2.47. The molecule has 0 amide bonds. The third kappa shape index (κ3) is 2.51. The zero-order valence-corrected chi connectivity index (χ0v) is 13.2. The summed E-state index contributed by atoms with van der Waals surface area (Å²) in [6.45, 7) is 0.535. The summed E-state index contributed by atoms with van der Waals surface area (Å²) in [7, 11) is 0. The zero-order valence-electron chi connectivity index (χ0n) is 13.2. The van der Waals surface area contributed by atoms with Crippen molar-refractivity contribution in [2.24, 2.45) is 0 Å². The van der Waals surface area contributed by atoms with Crippen LogP contribution in [0.5, 0.6) is 0 Å². The Morgan fingerprint density at radius 1 is 1.00 bits per heavy atom. The minimum absolute atomic E-state index is 0.106. The summed E-state index contributed by atoms with van der Waals surface area (Å²) in [4.78, 5) is 1.97. The van der Waals surface area contributed by atoms with E-state index in [1.807, 2.05) is 41.6 Å². The van der Waals surface area contributed by atoms with Gasteiger partial charge in [0.05, 0.1) is 6.54 Å². The van der Waals surface area contributed by atoms with Crippen LogP contribution < -0.4 is 0 Å². The third-order valence-corrected chi connectivity index (χ3v) is 4.24. The number of rotatable bonds is 3. The van der Waals surface area contributed by atoms with Crippen LogP contribution in [-0.2, 0) is 4.74 Å². The van der Waals surface area contributed by atoms with E-state index >= 15 is 0 Å². The zero-order chi connectivity index (χ0) is 16.4. The van der Waals surface area contributed by atoms with E-state index < -0.39 is 0 Å². The van der Waals surface area contributed by atoms with Crippen LogP contribution >= 0.6 is 0 Å². The molecule has 2 aliphatic heterocycles. The Balaban J connectivity index is 1.83. The highest BCUT2D eigenvalue weighted by Gasteiger charge is 2.33. The van der Waals surface area contributed by atoms with E-state index in [0.717, 1.165) is 16.9 Å². The van der Waals surface area contributed by atoms with Gasteiger partial charge in [0.1, 0.15) is 5.76 Å². The van der Waals surface area contributed by atoms with Crippen molar-refractivity contribution in [2.75, 3.05) is 6.54 Å². The molecule has 2 heterocycles. The first kappa shape index (κ1) is 14.4. The molecule has 116 valence electrons. The van der Waals surface area contributed by atoms with Crippen LogP contribution in [0.3, 0.4) is 0 Å². The number of allylic oxidation sites excluding steroid dienone is 1. The second-order valence-electron chi connectivity index (χ2n) is 5.79. The molecular formula is C22H17NO. The maximum absolute atomic E-state index is 6.32. The first-order chi connectivity index (χ1) is 11.9. The van der Waals surface area contributed by atoms with Crippen molar-refractivity contribution < 1.29 is 4.74 Å². The number of terminal acetylenes is 1. The predicted molar refractivity (Wildman–Crippen MR) is 96.4 cm³/mol. The van der Waals surface area contributed by atoms with Crippen molar-refractivity contribution in [2.45, 2.75) is 6.10 Å². The average Bonchev–Trinajstić information content (AvgIpc) is 3.02. The maximum atomic E-state index is 6.32. The van der Waals surface area contributed by atoms with E-state index in [1.165, 1.54) is 11.1 Å². The van der Waals surface area contributed by atoms with Crippen LogP contribution in [0.1, 0.15) is 17.2 Å².